The minimum atomic E-state index is -0.595. The number of carbonyl (C=O) groups excluding carboxylic acids is 2. The lowest BCUT2D eigenvalue weighted by atomic mass is 9.99. The largest absolute Gasteiger partial charge is 0.497 e. The summed E-state index contributed by atoms with van der Waals surface area (Å²) in [6.45, 7) is 0.593. The van der Waals surface area contributed by atoms with Crippen molar-refractivity contribution in [3.63, 3.8) is 0 Å². The van der Waals surface area contributed by atoms with Crippen molar-refractivity contribution in [2.24, 2.45) is 0 Å². The van der Waals surface area contributed by atoms with Crippen LogP contribution in [-0.4, -0.2) is 54.2 Å². The lowest BCUT2D eigenvalue weighted by Crippen LogP contribution is -2.35. The number of benzene rings is 1. The fourth-order valence-corrected chi connectivity index (χ4v) is 4.39. The molecule has 0 aliphatic carbocycles. The number of rotatable bonds is 5. The van der Waals surface area contributed by atoms with Crippen molar-refractivity contribution in [1.82, 2.24) is 14.4 Å². The Kier molecular flexibility index (Phi) is 6.16. The molecule has 1 aliphatic rings. The molecule has 0 radical (unpaired) electrons. The summed E-state index contributed by atoms with van der Waals surface area (Å²) < 4.78 is 17.5. The zero-order valence-corrected chi connectivity index (χ0v) is 20.1. The van der Waals surface area contributed by atoms with Crippen LogP contribution in [0, 0.1) is 0 Å². The van der Waals surface area contributed by atoms with Gasteiger partial charge in [-0.2, -0.15) is 0 Å². The number of nitrogens with one attached hydrogen (secondary N) is 1. The summed E-state index contributed by atoms with van der Waals surface area (Å²) >= 11 is 0. The SMILES string of the molecule is COC(=O)Nc1ccc(-c2cnc3ccc(C(=O)N4CCCc5c(OC)cc(OC)cc54)cn23)cn1. The first-order valence-electron chi connectivity index (χ1n) is 11.4. The van der Waals surface area contributed by atoms with Gasteiger partial charge in [-0.1, -0.05) is 0 Å². The van der Waals surface area contributed by atoms with Crippen LogP contribution in [0.3, 0.4) is 0 Å². The van der Waals surface area contributed by atoms with Crippen molar-refractivity contribution in [1.29, 1.82) is 0 Å². The van der Waals surface area contributed by atoms with Crippen LogP contribution in [0.5, 0.6) is 11.5 Å². The number of anilines is 2. The zero-order chi connectivity index (χ0) is 25.2. The average Bonchev–Trinajstić information content (AvgIpc) is 3.35. The lowest BCUT2D eigenvalue weighted by molar-refractivity contribution is 0.0984. The van der Waals surface area contributed by atoms with Crippen LogP contribution < -0.4 is 19.7 Å². The number of ether oxygens (including phenoxy) is 3. The smallest absolute Gasteiger partial charge is 0.412 e. The summed E-state index contributed by atoms with van der Waals surface area (Å²) in [6, 6.07) is 10.8. The molecule has 0 atom stereocenters. The molecule has 1 aromatic carbocycles. The summed E-state index contributed by atoms with van der Waals surface area (Å²) in [5.74, 6) is 1.59. The van der Waals surface area contributed by atoms with Crippen molar-refractivity contribution in [2.75, 3.05) is 38.1 Å². The van der Waals surface area contributed by atoms with Crippen molar-refractivity contribution in [2.45, 2.75) is 12.8 Å². The number of pyridine rings is 2. The molecule has 4 aromatic rings. The van der Waals surface area contributed by atoms with Gasteiger partial charge in [0.2, 0.25) is 0 Å². The van der Waals surface area contributed by atoms with E-state index in [2.05, 4.69) is 20.0 Å². The third kappa shape index (κ3) is 4.17. The maximum atomic E-state index is 13.7. The van der Waals surface area contributed by atoms with Gasteiger partial charge >= 0.3 is 6.09 Å². The van der Waals surface area contributed by atoms with Crippen LogP contribution >= 0.6 is 0 Å². The molecule has 184 valence electrons. The Morgan fingerprint density at radius 1 is 1.00 bits per heavy atom. The van der Waals surface area contributed by atoms with E-state index in [1.165, 1.54) is 7.11 Å². The molecule has 1 aliphatic heterocycles. The highest BCUT2D eigenvalue weighted by molar-refractivity contribution is 6.07. The highest BCUT2D eigenvalue weighted by Gasteiger charge is 2.27. The van der Waals surface area contributed by atoms with E-state index in [9.17, 15) is 9.59 Å². The van der Waals surface area contributed by atoms with E-state index in [-0.39, 0.29) is 5.91 Å². The van der Waals surface area contributed by atoms with Crippen molar-refractivity contribution in [3.8, 4) is 22.8 Å². The van der Waals surface area contributed by atoms with Crippen LogP contribution in [0.2, 0.25) is 0 Å². The van der Waals surface area contributed by atoms with Crippen LogP contribution in [0.25, 0.3) is 16.9 Å². The molecule has 0 fully saturated rings. The number of amides is 2. The van der Waals surface area contributed by atoms with Gasteiger partial charge in [-0.15, -0.1) is 0 Å². The Hall–Kier alpha value is -4.60. The topological polar surface area (TPSA) is 107 Å². The van der Waals surface area contributed by atoms with Crippen LogP contribution in [0.15, 0.2) is 55.0 Å². The Balaban J connectivity index is 1.49. The molecule has 1 N–H and O–H groups in total. The quantitative estimate of drug-likeness (QED) is 0.450. The number of hydrogen-bond acceptors (Lipinski definition) is 7. The van der Waals surface area contributed by atoms with Gasteiger partial charge in [0.15, 0.2) is 0 Å². The predicted molar refractivity (Wildman–Crippen MR) is 134 cm³/mol. The number of nitrogens with zero attached hydrogens (tertiary/aromatic N) is 4. The van der Waals surface area contributed by atoms with Gasteiger partial charge in [0.25, 0.3) is 5.91 Å². The summed E-state index contributed by atoms with van der Waals surface area (Å²) in [5.41, 5.74) is 4.55. The summed E-state index contributed by atoms with van der Waals surface area (Å²) in [5, 5.41) is 2.52. The number of carbonyl (C=O) groups is 2. The van der Waals surface area contributed by atoms with Gasteiger partial charge in [0.05, 0.1) is 44.5 Å². The molecular weight excluding hydrogens is 462 g/mol. The van der Waals surface area contributed by atoms with E-state index >= 15 is 0 Å². The van der Waals surface area contributed by atoms with E-state index < -0.39 is 6.09 Å². The van der Waals surface area contributed by atoms with Crippen LogP contribution in [-0.2, 0) is 11.2 Å². The highest BCUT2D eigenvalue weighted by atomic mass is 16.5. The molecule has 10 heteroatoms. The molecule has 36 heavy (non-hydrogen) atoms. The van der Waals surface area contributed by atoms with Gasteiger partial charge in [-0.05, 0) is 37.1 Å². The van der Waals surface area contributed by atoms with Gasteiger partial charge in [-0.3, -0.25) is 14.5 Å². The second-order valence-electron chi connectivity index (χ2n) is 8.23. The van der Waals surface area contributed by atoms with Gasteiger partial charge in [-0.25, -0.2) is 14.8 Å². The molecule has 0 saturated heterocycles. The summed E-state index contributed by atoms with van der Waals surface area (Å²) in [4.78, 5) is 35.6. The monoisotopic (exact) mass is 487 g/mol. The Morgan fingerprint density at radius 2 is 1.86 bits per heavy atom. The van der Waals surface area contributed by atoms with E-state index in [1.54, 1.807) is 49.8 Å². The van der Waals surface area contributed by atoms with Crippen molar-refractivity contribution in [3.05, 3.63) is 66.1 Å². The van der Waals surface area contributed by atoms with Crippen molar-refractivity contribution < 1.29 is 23.8 Å². The Bertz CT molecular complexity index is 1450. The van der Waals surface area contributed by atoms with Gasteiger partial charge < -0.3 is 19.1 Å². The minimum absolute atomic E-state index is 0.122. The summed E-state index contributed by atoms with van der Waals surface area (Å²) in [6.07, 6.45) is 6.19. The maximum Gasteiger partial charge on any atom is 0.412 e. The maximum absolute atomic E-state index is 13.7. The minimum Gasteiger partial charge on any atom is -0.497 e. The van der Waals surface area contributed by atoms with Gasteiger partial charge in [0, 0.05) is 42.2 Å². The second-order valence-corrected chi connectivity index (χ2v) is 8.23. The molecule has 10 nitrogen and oxygen atoms in total. The molecule has 0 saturated carbocycles. The summed E-state index contributed by atoms with van der Waals surface area (Å²) in [7, 11) is 4.51. The Morgan fingerprint density at radius 3 is 2.58 bits per heavy atom. The number of methoxy groups -OCH3 is 3. The molecule has 4 heterocycles. The predicted octanol–water partition coefficient (Wildman–Crippen LogP) is 4.18. The Labute approximate surface area is 207 Å². The first-order chi connectivity index (χ1) is 17.5. The highest BCUT2D eigenvalue weighted by Crippen LogP contribution is 2.39. The van der Waals surface area contributed by atoms with Crippen molar-refractivity contribution >= 4 is 29.2 Å². The number of fused-ring (bicyclic) bond motifs is 2. The third-order valence-corrected chi connectivity index (χ3v) is 6.19. The third-order valence-electron chi connectivity index (χ3n) is 6.19. The standard InChI is InChI=1S/C26H25N5O5/c1-34-18-11-20-19(22(12-18)35-2)5-4-10-30(20)25(32)17-7-9-24-28-14-21(31(24)15-17)16-6-8-23(27-13-16)29-26(33)36-3/h6-9,11-15H,4-5,10H2,1-3H3,(H,27,29,33). The molecule has 2 amide bonds. The van der Waals surface area contributed by atoms with Crippen LogP contribution in [0.1, 0.15) is 22.3 Å². The van der Waals surface area contributed by atoms with Crippen LogP contribution in [0.4, 0.5) is 16.3 Å². The van der Waals surface area contributed by atoms with E-state index in [0.717, 1.165) is 35.3 Å². The molecular formula is C26H25N5O5. The second kappa shape index (κ2) is 9.57. The number of aromatic nitrogens is 3. The number of imidazole rings is 1. The molecule has 0 spiro atoms. The molecule has 0 unspecified atom stereocenters. The fourth-order valence-electron chi connectivity index (χ4n) is 4.39. The van der Waals surface area contributed by atoms with E-state index in [0.29, 0.717) is 35.1 Å². The first kappa shape index (κ1) is 23.2. The van der Waals surface area contributed by atoms with Gasteiger partial charge in [0.1, 0.15) is 23.0 Å². The van der Waals surface area contributed by atoms with E-state index in [4.69, 9.17) is 9.47 Å². The molecule has 0 bridgehead atoms. The van der Waals surface area contributed by atoms with E-state index in [1.807, 2.05) is 28.7 Å². The number of hydrogen-bond donors (Lipinski definition) is 1. The molecule has 3 aromatic heterocycles. The zero-order valence-electron chi connectivity index (χ0n) is 20.1. The normalized spacial score (nSPS) is 12.7. The molecule has 5 rings (SSSR count). The lowest BCUT2D eigenvalue weighted by Gasteiger charge is -2.31. The fraction of sp³-hybridized carbons (Fsp3) is 0.231. The first-order valence-corrected chi connectivity index (χ1v) is 11.4. The average molecular weight is 488 g/mol.